The molecule has 2 rings (SSSR count). The first-order valence-corrected chi connectivity index (χ1v) is 7.57. The van der Waals surface area contributed by atoms with Crippen LogP contribution in [0.4, 0.5) is 17.6 Å². The van der Waals surface area contributed by atoms with E-state index in [1.165, 1.54) is 24.3 Å². The highest BCUT2D eigenvalue weighted by Gasteiger charge is 2.59. The van der Waals surface area contributed by atoms with Gasteiger partial charge in [-0.3, -0.25) is 0 Å². The maximum Gasteiger partial charge on any atom is 0.340 e. The van der Waals surface area contributed by atoms with Crippen LogP contribution in [0.2, 0.25) is 0 Å². The summed E-state index contributed by atoms with van der Waals surface area (Å²) in [5.74, 6) is -8.64. The zero-order chi connectivity index (χ0) is 17.8. The number of hydrogen-bond acceptors (Lipinski definition) is 2. The molecule has 0 aliphatic heterocycles. The van der Waals surface area contributed by atoms with Crippen molar-refractivity contribution in [2.75, 3.05) is 14.1 Å². The van der Waals surface area contributed by atoms with Crippen LogP contribution < -0.4 is 10.6 Å². The molecule has 0 aliphatic carbocycles. The Hall–Kier alpha value is -1.44. The van der Waals surface area contributed by atoms with Gasteiger partial charge in [0.15, 0.2) is 0 Å². The van der Waals surface area contributed by atoms with Crippen molar-refractivity contribution in [3.05, 3.63) is 70.8 Å². The zero-order valence-corrected chi connectivity index (χ0v) is 15.7. The van der Waals surface area contributed by atoms with E-state index < -0.39 is 23.0 Å². The molecule has 0 aromatic heterocycles. The predicted octanol–water partition coefficient (Wildman–Crippen LogP) is 4.59. The molecule has 2 N–H and O–H groups in total. The third-order valence-electron chi connectivity index (χ3n) is 3.86. The number of hydrogen-bond donors (Lipinski definition) is 2. The molecule has 25 heavy (non-hydrogen) atoms. The fraction of sp³-hybridized carbons (Fsp3) is 0.333. The van der Waals surface area contributed by atoms with E-state index in [0.717, 1.165) is 18.2 Å². The second-order valence-corrected chi connectivity index (χ2v) is 5.52. The molecule has 0 bridgehead atoms. The molecule has 0 radical (unpaired) electrons. The van der Waals surface area contributed by atoms with Crippen LogP contribution in [-0.4, -0.2) is 14.1 Å². The van der Waals surface area contributed by atoms with Crippen LogP contribution in [0.5, 0.6) is 0 Å². The molecule has 0 unspecified atom stereocenters. The van der Waals surface area contributed by atoms with Crippen molar-refractivity contribution in [2.24, 2.45) is 0 Å². The third-order valence-corrected chi connectivity index (χ3v) is 3.86. The van der Waals surface area contributed by atoms with Crippen LogP contribution in [0.3, 0.4) is 0 Å². The molecule has 0 saturated heterocycles. The van der Waals surface area contributed by atoms with E-state index in [0.29, 0.717) is 12.1 Å². The largest absolute Gasteiger partial charge is 0.340 e. The van der Waals surface area contributed by atoms with Gasteiger partial charge in [-0.2, -0.15) is 17.6 Å². The molecule has 138 valence electrons. The van der Waals surface area contributed by atoms with Gasteiger partial charge in [0.25, 0.3) is 0 Å². The van der Waals surface area contributed by atoms with Gasteiger partial charge in [0.05, 0.1) is 0 Å². The van der Waals surface area contributed by atoms with E-state index in [1.54, 1.807) is 20.2 Å². The topological polar surface area (TPSA) is 24.1 Å². The van der Waals surface area contributed by atoms with Gasteiger partial charge >= 0.3 is 11.8 Å². The Morgan fingerprint density at radius 2 is 1.36 bits per heavy atom. The molecule has 2 aromatic rings. The Kier molecular flexibility index (Phi) is 7.59. The smallest absolute Gasteiger partial charge is 0.316 e. The van der Waals surface area contributed by atoms with E-state index in [-0.39, 0.29) is 29.1 Å². The summed E-state index contributed by atoms with van der Waals surface area (Å²) >= 11 is 0. The number of alkyl halides is 4. The summed E-state index contributed by atoms with van der Waals surface area (Å²) in [5, 5.41) is 5.65. The third kappa shape index (κ3) is 4.22. The molecule has 0 fully saturated rings. The van der Waals surface area contributed by atoms with Crippen molar-refractivity contribution in [1.29, 1.82) is 0 Å². The Morgan fingerprint density at radius 1 is 0.760 bits per heavy atom. The van der Waals surface area contributed by atoms with Gasteiger partial charge in [-0.05, 0) is 25.2 Å². The number of benzene rings is 2. The lowest BCUT2D eigenvalue weighted by atomic mass is 9.90. The molecule has 0 atom stereocenters. The van der Waals surface area contributed by atoms with Crippen LogP contribution in [0.1, 0.15) is 22.3 Å². The maximum absolute atomic E-state index is 14.8. The molecular formula is C18H21BrF4N2. The second kappa shape index (κ2) is 8.78. The Bertz CT molecular complexity index is 678. The minimum Gasteiger partial charge on any atom is -0.316 e. The van der Waals surface area contributed by atoms with Gasteiger partial charge in [0.2, 0.25) is 0 Å². The fourth-order valence-electron chi connectivity index (χ4n) is 2.67. The van der Waals surface area contributed by atoms with E-state index in [2.05, 4.69) is 10.6 Å². The Balaban J connectivity index is 0.00000312. The van der Waals surface area contributed by atoms with Crippen molar-refractivity contribution in [1.82, 2.24) is 10.6 Å². The lowest BCUT2D eigenvalue weighted by Crippen LogP contribution is -2.37. The maximum atomic E-state index is 14.8. The van der Waals surface area contributed by atoms with Gasteiger partial charge in [0, 0.05) is 24.2 Å². The molecule has 7 heteroatoms. The summed E-state index contributed by atoms with van der Waals surface area (Å²) < 4.78 is 58.8. The number of rotatable bonds is 7. The van der Waals surface area contributed by atoms with Crippen molar-refractivity contribution in [3.8, 4) is 0 Å². The molecule has 0 spiro atoms. The average Bonchev–Trinajstić information content (AvgIpc) is 2.57. The summed E-state index contributed by atoms with van der Waals surface area (Å²) in [5.41, 5.74) is -0.606. The summed E-state index contributed by atoms with van der Waals surface area (Å²) in [6.07, 6.45) is 0. The first-order chi connectivity index (χ1) is 11.4. The Morgan fingerprint density at radius 3 is 1.92 bits per heavy atom. The van der Waals surface area contributed by atoms with Gasteiger partial charge < -0.3 is 10.6 Å². The highest BCUT2D eigenvalue weighted by atomic mass is 79.9. The van der Waals surface area contributed by atoms with Crippen LogP contribution in [-0.2, 0) is 24.9 Å². The molecule has 2 nitrogen and oxygen atoms in total. The highest BCUT2D eigenvalue weighted by Crippen LogP contribution is 2.50. The van der Waals surface area contributed by atoms with Crippen molar-refractivity contribution in [2.45, 2.75) is 24.9 Å². The second-order valence-electron chi connectivity index (χ2n) is 5.52. The van der Waals surface area contributed by atoms with E-state index in [9.17, 15) is 17.6 Å². The van der Waals surface area contributed by atoms with Gasteiger partial charge in [-0.15, -0.1) is 17.0 Å². The lowest BCUT2D eigenvalue weighted by Gasteiger charge is -2.29. The van der Waals surface area contributed by atoms with Crippen LogP contribution >= 0.6 is 17.0 Å². The number of nitrogens with one attached hydrogen (secondary N) is 2. The lowest BCUT2D eigenvalue weighted by molar-refractivity contribution is -0.224. The van der Waals surface area contributed by atoms with Crippen molar-refractivity contribution >= 4 is 17.0 Å². The minimum absolute atomic E-state index is 0. The molecule has 0 saturated carbocycles. The van der Waals surface area contributed by atoms with Gasteiger partial charge in [-0.1, -0.05) is 48.5 Å². The van der Waals surface area contributed by atoms with Gasteiger partial charge in [0.1, 0.15) is 0 Å². The fourth-order valence-corrected chi connectivity index (χ4v) is 2.67. The molecule has 0 amide bonds. The predicted molar refractivity (Wildman–Crippen MR) is 96.5 cm³/mol. The average molecular weight is 421 g/mol. The standard InChI is InChI=1S/C18H20F4N2.BrH/c1-23-11-13-7-6-10-16(15(13)12-24-2)18(21,22)17(19,20)14-8-4-3-5-9-14;/h3-10,23-24H,11-12H2,1-2H3;1H. The highest BCUT2D eigenvalue weighted by molar-refractivity contribution is 8.93. The van der Waals surface area contributed by atoms with E-state index in [1.807, 2.05) is 0 Å². The summed E-state index contributed by atoms with van der Waals surface area (Å²) in [7, 11) is 3.26. The monoisotopic (exact) mass is 420 g/mol. The normalized spacial score (nSPS) is 11.9. The first-order valence-electron chi connectivity index (χ1n) is 7.57. The van der Waals surface area contributed by atoms with E-state index in [4.69, 9.17) is 0 Å². The molecule has 0 heterocycles. The molecule has 0 aliphatic rings. The van der Waals surface area contributed by atoms with Crippen LogP contribution in [0.15, 0.2) is 48.5 Å². The van der Waals surface area contributed by atoms with Crippen LogP contribution in [0.25, 0.3) is 0 Å². The summed E-state index contributed by atoms with van der Waals surface area (Å²) in [6, 6.07) is 10.3. The van der Waals surface area contributed by atoms with Crippen LogP contribution in [0, 0.1) is 0 Å². The number of halogens is 5. The summed E-state index contributed by atoms with van der Waals surface area (Å²) in [6.45, 7) is 0.394. The Labute approximate surface area is 155 Å². The zero-order valence-electron chi connectivity index (χ0n) is 14.0. The SMILES string of the molecule is Br.CNCc1cccc(C(F)(F)C(F)(F)c2ccccc2)c1CNC. The quantitative estimate of drug-likeness (QED) is 0.640. The summed E-state index contributed by atoms with van der Waals surface area (Å²) in [4.78, 5) is 0. The van der Waals surface area contributed by atoms with E-state index >= 15 is 0 Å². The molecular weight excluding hydrogens is 400 g/mol. The van der Waals surface area contributed by atoms with Crippen molar-refractivity contribution in [3.63, 3.8) is 0 Å². The minimum atomic E-state index is -4.33. The van der Waals surface area contributed by atoms with Gasteiger partial charge in [-0.25, -0.2) is 0 Å². The first kappa shape index (κ1) is 21.6. The van der Waals surface area contributed by atoms with Crippen molar-refractivity contribution < 1.29 is 17.6 Å². The molecule has 2 aromatic carbocycles.